The molecule has 122 valence electrons. The van der Waals surface area contributed by atoms with Crippen LogP contribution in [0.4, 0.5) is 11.5 Å². The van der Waals surface area contributed by atoms with Gasteiger partial charge >= 0.3 is 0 Å². The van der Waals surface area contributed by atoms with Crippen LogP contribution in [0.2, 0.25) is 0 Å². The second-order valence-electron chi connectivity index (χ2n) is 7.02. The third-order valence-corrected chi connectivity index (χ3v) is 5.34. The van der Waals surface area contributed by atoms with Gasteiger partial charge in [0, 0.05) is 50.2 Å². The van der Waals surface area contributed by atoms with Crippen molar-refractivity contribution in [2.45, 2.75) is 45.1 Å². The molecule has 0 aromatic carbocycles. The number of nitrogens with zero attached hydrogens (tertiary/aromatic N) is 3. The predicted octanol–water partition coefficient (Wildman–Crippen LogP) is 3.21. The minimum Gasteiger partial charge on any atom is -0.369 e. The highest BCUT2D eigenvalue weighted by Crippen LogP contribution is 2.28. The average Bonchev–Trinajstić information content (AvgIpc) is 2.56. The fraction of sp³-hybridized carbons (Fsp3) is 0.722. The maximum atomic E-state index is 4.54. The third-order valence-electron chi connectivity index (χ3n) is 5.34. The lowest BCUT2D eigenvalue weighted by Crippen LogP contribution is -2.44. The van der Waals surface area contributed by atoms with Crippen LogP contribution in [0.5, 0.6) is 0 Å². The molecule has 22 heavy (non-hydrogen) atoms. The molecule has 2 aliphatic rings. The molecule has 3 rings (SSSR count). The van der Waals surface area contributed by atoms with Crippen LogP contribution in [-0.4, -0.2) is 49.2 Å². The molecule has 0 spiro atoms. The largest absolute Gasteiger partial charge is 0.369 e. The van der Waals surface area contributed by atoms with E-state index in [9.17, 15) is 0 Å². The number of hydrogen-bond donors (Lipinski definition) is 1. The van der Waals surface area contributed by atoms with Crippen molar-refractivity contribution in [1.82, 2.24) is 9.88 Å². The van der Waals surface area contributed by atoms with Crippen molar-refractivity contribution >= 4 is 11.5 Å². The molecule has 1 saturated carbocycles. The minimum atomic E-state index is 0.524. The van der Waals surface area contributed by atoms with Crippen molar-refractivity contribution in [3.8, 4) is 0 Å². The van der Waals surface area contributed by atoms with E-state index in [-0.39, 0.29) is 0 Å². The van der Waals surface area contributed by atoms with Crippen LogP contribution in [0.3, 0.4) is 0 Å². The van der Waals surface area contributed by atoms with Gasteiger partial charge in [-0.1, -0.05) is 19.3 Å². The standard InChI is InChI=1S/C18H30N4/c1-15(16-6-4-3-5-7-16)20-18-14-17(8-9-19-18)22-12-10-21(2)11-13-22/h8-9,14-16H,3-7,10-13H2,1-2H3,(H,19,20). The van der Waals surface area contributed by atoms with Crippen LogP contribution in [0.25, 0.3) is 0 Å². The number of anilines is 2. The lowest BCUT2D eigenvalue weighted by atomic mass is 9.84. The van der Waals surface area contributed by atoms with E-state index >= 15 is 0 Å². The van der Waals surface area contributed by atoms with E-state index in [1.54, 1.807) is 0 Å². The molecule has 1 unspecified atom stereocenters. The van der Waals surface area contributed by atoms with Gasteiger partial charge in [0.1, 0.15) is 5.82 Å². The van der Waals surface area contributed by atoms with Crippen LogP contribution in [0.1, 0.15) is 39.0 Å². The van der Waals surface area contributed by atoms with E-state index in [1.807, 2.05) is 6.20 Å². The van der Waals surface area contributed by atoms with Crippen molar-refractivity contribution in [2.24, 2.45) is 5.92 Å². The molecular formula is C18H30N4. The molecule has 4 nitrogen and oxygen atoms in total. The summed E-state index contributed by atoms with van der Waals surface area (Å²) in [6.45, 7) is 6.82. The first-order chi connectivity index (χ1) is 10.7. The SMILES string of the molecule is CC(Nc1cc(N2CCN(C)CC2)ccn1)C1CCCCC1. The normalized spacial score (nSPS) is 22.5. The van der Waals surface area contributed by atoms with Crippen LogP contribution >= 0.6 is 0 Å². The molecule has 2 heterocycles. The monoisotopic (exact) mass is 302 g/mol. The minimum absolute atomic E-state index is 0.524. The van der Waals surface area contributed by atoms with Crippen LogP contribution < -0.4 is 10.2 Å². The zero-order chi connectivity index (χ0) is 15.4. The Morgan fingerprint density at radius 3 is 2.59 bits per heavy atom. The van der Waals surface area contributed by atoms with Gasteiger partial charge in [-0.3, -0.25) is 0 Å². The summed E-state index contributed by atoms with van der Waals surface area (Å²) in [5.74, 6) is 1.84. The zero-order valence-electron chi connectivity index (χ0n) is 14.1. The van der Waals surface area contributed by atoms with Crippen molar-refractivity contribution in [3.63, 3.8) is 0 Å². The summed E-state index contributed by atoms with van der Waals surface area (Å²) >= 11 is 0. The molecule has 1 aromatic rings. The van der Waals surface area contributed by atoms with E-state index in [2.05, 4.69) is 46.2 Å². The number of likely N-dealkylation sites (N-methyl/N-ethyl adjacent to an activating group) is 1. The van der Waals surface area contributed by atoms with E-state index in [4.69, 9.17) is 0 Å². The lowest BCUT2D eigenvalue weighted by Gasteiger charge is -2.34. The highest BCUT2D eigenvalue weighted by atomic mass is 15.2. The summed E-state index contributed by atoms with van der Waals surface area (Å²) < 4.78 is 0. The Kier molecular flexibility index (Phi) is 5.19. The number of piperazine rings is 1. The Labute approximate surface area is 134 Å². The summed E-state index contributed by atoms with van der Waals surface area (Å²) in [7, 11) is 2.20. The highest BCUT2D eigenvalue weighted by molar-refractivity contribution is 5.54. The van der Waals surface area contributed by atoms with E-state index < -0.39 is 0 Å². The smallest absolute Gasteiger partial charge is 0.128 e. The Morgan fingerprint density at radius 2 is 1.86 bits per heavy atom. The van der Waals surface area contributed by atoms with Gasteiger partial charge < -0.3 is 15.1 Å². The molecule has 0 radical (unpaired) electrons. The first kappa shape index (κ1) is 15.6. The molecule has 4 heteroatoms. The first-order valence-corrected chi connectivity index (χ1v) is 8.88. The number of rotatable bonds is 4. The predicted molar refractivity (Wildman–Crippen MR) is 93.6 cm³/mol. The number of aromatic nitrogens is 1. The lowest BCUT2D eigenvalue weighted by molar-refractivity contribution is 0.313. The summed E-state index contributed by atoms with van der Waals surface area (Å²) in [5, 5.41) is 3.65. The number of hydrogen-bond acceptors (Lipinski definition) is 4. The molecule has 2 fully saturated rings. The summed E-state index contributed by atoms with van der Waals surface area (Å²) in [6, 6.07) is 4.89. The number of pyridine rings is 1. The fourth-order valence-corrected chi connectivity index (χ4v) is 3.74. The second kappa shape index (κ2) is 7.32. The third kappa shape index (κ3) is 3.92. The van der Waals surface area contributed by atoms with Gasteiger partial charge in [-0.15, -0.1) is 0 Å². The van der Waals surface area contributed by atoms with Gasteiger partial charge in [-0.25, -0.2) is 4.98 Å². The molecule has 1 aromatic heterocycles. The van der Waals surface area contributed by atoms with Crippen molar-refractivity contribution in [2.75, 3.05) is 43.4 Å². The van der Waals surface area contributed by atoms with Crippen molar-refractivity contribution in [3.05, 3.63) is 18.3 Å². The van der Waals surface area contributed by atoms with Gasteiger partial charge in [0.15, 0.2) is 0 Å². The maximum absolute atomic E-state index is 4.54. The van der Waals surface area contributed by atoms with Gasteiger partial charge in [0.2, 0.25) is 0 Å². The van der Waals surface area contributed by atoms with Crippen LogP contribution in [-0.2, 0) is 0 Å². The van der Waals surface area contributed by atoms with Gasteiger partial charge in [0.25, 0.3) is 0 Å². The molecule has 1 atom stereocenters. The molecule has 1 aliphatic carbocycles. The van der Waals surface area contributed by atoms with E-state index in [1.165, 1.54) is 37.8 Å². The van der Waals surface area contributed by atoms with Crippen molar-refractivity contribution in [1.29, 1.82) is 0 Å². The molecule has 0 bridgehead atoms. The summed E-state index contributed by atoms with van der Waals surface area (Å²) in [6.07, 6.45) is 8.89. The molecule has 1 N–H and O–H groups in total. The van der Waals surface area contributed by atoms with Gasteiger partial charge in [-0.2, -0.15) is 0 Å². The van der Waals surface area contributed by atoms with Crippen LogP contribution in [0.15, 0.2) is 18.3 Å². The van der Waals surface area contributed by atoms with E-state index in [0.29, 0.717) is 6.04 Å². The molecule has 1 aliphatic heterocycles. The van der Waals surface area contributed by atoms with Gasteiger partial charge in [0.05, 0.1) is 0 Å². The Hall–Kier alpha value is -1.29. The van der Waals surface area contributed by atoms with Crippen LogP contribution in [0, 0.1) is 5.92 Å². The fourth-order valence-electron chi connectivity index (χ4n) is 3.74. The summed E-state index contributed by atoms with van der Waals surface area (Å²) in [5.41, 5.74) is 1.31. The summed E-state index contributed by atoms with van der Waals surface area (Å²) in [4.78, 5) is 9.40. The number of nitrogens with one attached hydrogen (secondary N) is 1. The van der Waals surface area contributed by atoms with Crippen molar-refractivity contribution < 1.29 is 0 Å². The second-order valence-corrected chi connectivity index (χ2v) is 7.02. The van der Waals surface area contributed by atoms with E-state index in [0.717, 1.165) is 37.9 Å². The zero-order valence-corrected chi connectivity index (χ0v) is 14.1. The van der Waals surface area contributed by atoms with Gasteiger partial charge in [-0.05, 0) is 38.8 Å². The highest BCUT2D eigenvalue weighted by Gasteiger charge is 2.20. The molecule has 0 amide bonds. The Balaban J connectivity index is 1.61. The molecular weight excluding hydrogens is 272 g/mol. The quantitative estimate of drug-likeness (QED) is 0.925. The maximum Gasteiger partial charge on any atom is 0.128 e. The Morgan fingerprint density at radius 1 is 1.14 bits per heavy atom. The Bertz CT molecular complexity index is 462. The topological polar surface area (TPSA) is 31.4 Å². The molecule has 1 saturated heterocycles. The average molecular weight is 302 g/mol. The first-order valence-electron chi connectivity index (χ1n) is 8.88.